The molecule has 4 bridgehead atoms. The Hall–Kier alpha value is -0.540. The van der Waals surface area contributed by atoms with Crippen LogP contribution in [-0.2, 0) is 19.1 Å². The van der Waals surface area contributed by atoms with Crippen molar-refractivity contribution in [2.75, 3.05) is 19.0 Å². The van der Waals surface area contributed by atoms with Gasteiger partial charge >= 0.3 is 17.9 Å². The summed E-state index contributed by atoms with van der Waals surface area (Å²) in [5, 5.41) is 9.80. The Morgan fingerprint density at radius 1 is 1.22 bits per heavy atom. The van der Waals surface area contributed by atoms with E-state index in [-0.39, 0.29) is 15.9 Å². The molecule has 1 heterocycles. The highest BCUT2D eigenvalue weighted by molar-refractivity contribution is 8.21. The van der Waals surface area contributed by atoms with E-state index in [9.17, 15) is 23.5 Å². The highest BCUT2D eigenvalue weighted by atomic mass is 32.2. The van der Waals surface area contributed by atoms with Crippen molar-refractivity contribution in [2.45, 2.75) is 59.9 Å². The Labute approximate surface area is 165 Å². The van der Waals surface area contributed by atoms with Crippen LogP contribution in [0, 0.1) is 17.8 Å². The number of ether oxygens (including phenoxy) is 2. The van der Waals surface area contributed by atoms with Crippen molar-refractivity contribution in [3.8, 4) is 0 Å². The van der Waals surface area contributed by atoms with Gasteiger partial charge < -0.3 is 14.6 Å². The predicted octanol–water partition coefficient (Wildman–Crippen LogP) is 2.84. The summed E-state index contributed by atoms with van der Waals surface area (Å²) in [7, 11) is 0. The summed E-state index contributed by atoms with van der Waals surface area (Å²) in [4.78, 5) is 23.3. The predicted molar refractivity (Wildman–Crippen MR) is 97.6 cm³/mol. The molecule has 1 aliphatic heterocycles. The molecule has 3 unspecified atom stereocenters. The van der Waals surface area contributed by atoms with Gasteiger partial charge in [-0.05, 0) is 49.9 Å². The molecule has 0 aromatic carbocycles. The van der Waals surface area contributed by atoms with Gasteiger partial charge in [-0.1, -0.05) is 0 Å². The molecule has 3 atom stereocenters. The van der Waals surface area contributed by atoms with Gasteiger partial charge in [-0.3, -0.25) is 0 Å². The van der Waals surface area contributed by atoms with Crippen LogP contribution in [-0.4, -0.2) is 56.9 Å². The van der Waals surface area contributed by atoms with Crippen LogP contribution in [0.25, 0.3) is 0 Å². The normalized spacial score (nSPS) is 42.5. The first-order valence-electron chi connectivity index (χ1n) is 9.35. The van der Waals surface area contributed by atoms with Gasteiger partial charge in [0.15, 0.2) is 6.61 Å². The monoisotopic (exact) mass is 422 g/mol. The minimum atomic E-state index is -3.62. The molecule has 5 nitrogen and oxygen atoms in total. The number of hydrogen-bond donors (Lipinski definition) is 1. The Balaban J connectivity index is 1.41. The molecule has 5 fully saturated rings. The van der Waals surface area contributed by atoms with E-state index in [1.165, 1.54) is 0 Å². The molecule has 0 aromatic heterocycles. The Bertz CT molecular complexity index is 622. The fraction of sp³-hybridized carbons (Fsp3) is 0.889. The number of alkyl halides is 2. The molecular weight excluding hydrogens is 398 g/mol. The van der Waals surface area contributed by atoms with Crippen molar-refractivity contribution in [1.29, 1.82) is 0 Å². The molecule has 0 aromatic rings. The number of halogens is 2. The molecule has 27 heavy (non-hydrogen) atoms. The molecule has 5 rings (SSSR count). The van der Waals surface area contributed by atoms with E-state index in [4.69, 9.17) is 4.74 Å². The highest BCUT2D eigenvalue weighted by Gasteiger charge is 2.66. The average molecular weight is 423 g/mol. The summed E-state index contributed by atoms with van der Waals surface area (Å²) >= 11 is 3.86. The number of aliphatic hydroxyl groups is 1. The van der Waals surface area contributed by atoms with E-state index in [1.807, 2.05) is 23.5 Å². The smallest absolute Gasteiger partial charge is 0.377 e. The van der Waals surface area contributed by atoms with Crippen LogP contribution in [0.1, 0.15) is 39.0 Å². The second kappa shape index (κ2) is 6.76. The summed E-state index contributed by atoms with van der Waals surface area (Å²) in [5.74, 6) is -3.77. The van der Waals surface area contributed by atoms with Gasteiger partial charge in [0, 0.05) is 17.9 Å². The fourth-order valence-corrected chi connectivity index (χ4v) is 9.65. The molecule has 1 spiro atoms. The zero-order chi connectivity index (χ0) is 19.4. The van der Waals surface area contributed by atoms with Gasteiger partial charge in [0.25, 0.3) is 0 Å². The third-order valence-electron chi connectivity index (χ3n) is 6.33. The van der Waals surface area contributed by atoms with Crippen molar-refractivity contribution in [3.63, 3.8) is 0 Å². The van der Waals surface area contributed by atoms with E-state index >= 15 is 0 Å². The van der Waals surface area contributed by atoms with Crippen LogP contribution < -0.4 is 0 Å². The highest BCUT2D eigenvalue weighted by Crippen LogP contribution is 2.71. The van der Waals surface area contributed by atoms with E-state index in [1.54, 1.807) is 0 Å². The molecule has 4 aliphatic carbocycles. The first-order valence-corrected chi connectivity index (χ1v) is 11.2. The fourth-order valence-electron chi connectivity index (χ4n) is 5.57. The maximum atomic E-state index is 12.9. The second-order valence-electron chi connectivity index (χ2n) is 8.42. The molecule has 9 heteroatoms. The van der Waals surface area contributed by atoms with Crippen LogP contribution in [0.3, 0.4) is 0 Å². The lowest BCUT2D eigenvalue weighted by molar-refractivity contribution is -0.196. The van der Waals surface area contributed by atoms with Crippen molar-refractivity contribution in [1.82, 2.24) is 0 Å². The molecule has 152 valence electrons. The summed E-state index contributed by atoms with van der Waals surface area (Å²) < 4.78 is 36.0. The Kier molecular flexibility index (Phi) is 4.95. The molecule has 1 saturated heterocycles. The lowest BCUT2D eigenvalue weighted by Crippen LogP contribution is -2.61. The molecule has 4 saturated carbocycles. The minimum absolute atomic E-state index is 0.108. The molecule has 0 radical (unpaired) electrons. The van der Waals surface area contributed by atoms with Gasteiger partial charge in [0.05, 0.1) is 10.7 Å². The minimum Gasteiger partial charge on any atom is -0.457 e. The maximum absolute atomic E-state index is 12.9. The third-order valence-corrected chi connectivity index (χ3v) is 10.6. The quantitative estimate of drug-likeness (QED) is 0.683. The molecule has 5 aliphatic rings. The number of aliphatic hydroxyl groups excluding tert-OH is 1. The Morgan fingerprint density at radius 3 is 2.44 bits per heavy atom. The van der Waals surface area contributed by atoms with Gasteiger partial charge in [0.2, 0.25) is 0 Å². The van der Waals surface area contributed by atoms with Crippen molar-refractivity contribution < 1.29 is 33.0 Å². The number of carbonyl (C=O) groups is 2. The van der Waals surface area contributed by atoms with Crippen LogP contribution in [0.2, 0.25) is 0 Å². The van der Waals surface area contributed by atoms with Crippen molar-refractivity contribution >= 4 is 35.5 Å². The first-order chi connectivity index (χ1) is 12.7. The number of hydrogen-bond acceptors (Lipinski definition) is 7. The second-order valence-corrected chi connectivity index (χ2v) is 11.6. The number of rotatable bonds is 5. The molecule has 1 N–H and O–H groups in total. The zero-order valence-electron chi connectivity index (χ0n) is 15.1. The molecular formula is C18H24F2O5S2. The largest absolute Gasteiger partial charge is 0.457 e. The summed E-state index contributed by atoms with van der Waals surface area (Å²) in [6, 6.07) is 0. The van der Waals surface area contributed by atoms with E-state index in [0.29, 0.717) is 24.7 Å². The Morgan fingerprint density at radius 2 is 1.89 bits per heavy atom. The topological polar surface area (TPSA) is 72.8 Å². The van der Waals surface area contributed by atoms with Gasteiger partial charge in [0.1, 0.15) is 5.60 Å². The van der Waals surface area contributed by atoms with Crippen molar-refractivity contribution in [2.24, 2.45) is 17.8 Å². The van der Waals surface area contributed by atoms with Crippen molar-refractivity contribution in [3.05, 3.63) is 0 Å². The number of thioether (sulfide) groups is 2. The summed E-state index contributed by atoms with van der Waals surface area (Å²) in [6.07, 6.45) is 4.57. The van der Waals surface area contributed by atoms with Crippen LogP contribution in [0.15, 0.2) is 0 Å². The lowest BCUT2D eigenvalue weighted by atomic mass is 9.53. The van der Waals surface area contributed by atoms with Gasteiger partial charge in [-0.25, -0.2) is 9.59 Å². The van der Waals surface area contributed by atoms with Gasteiger partial charge in [-0.2, -0.15) is 8.78 Å². The number of carbonyl (C=O) groups excluding carboxylic acids is 2. The third kappa shape index (κ3) is 3.48. The molecule has 0 amide bonds. The summed E-state index contributed by atoms with van der Waals surface area (Å²) in [6.45, 7) is -0.142. The first kappa shape index (κ1) is 19.8. The standard InChI is InChI=1S/C18H24F2O5S2/c1-16(19,20)15(23)24-8-14(22)25-17-4-10-2-11(5-17)18(12(3-10)6-17)26-9-13(7-21)27-18/h10-13,21H,2-9H2,1H3. The van der Waals surface area contributed by atoms with Crippen LogP contribution in [0.5, 0.6) is 0 Å². The average Bonchev–Trinajstić information content (AvgIpc) is 3.01. The van der Waals surface area contributed by atoms with Gasteiger partial charge in [-0.15, -0.1) is 23.5 Å². The number of esters is 2. The van der Waals surface area contributed by atoms with E-state index < -0.39 is 30.1 Å². The lowest BCUT2D eigenvalue weighted by Gasteiger charge is -2.63. The SMILES string of the molecule is CC(F)(F)C(=O)OCC(=O)OC12CC3CC(C1)C1(SCC(CO)S1)C(C3)C2. The zero-order valence-corrected chi connectivity index (χ0v) is 16.8. The summed E-state index contributed by atoms with van der Waals surface area (Å²) in [5.41, 5.74) is -0.557. The van der Waals surface area contributed by atoms with Crippen LogP contribution >= 0.6 is 23.5 Å². The van der Waals surface area contributed by atoms with Crippen LogP contribution in [0.4, 0.5) is 8.78 Å². The van der Waals surface area contributed by atoms with E-state index in [0.717, 1.165) is 37.9 Å². The van der Waals surface area contributed by atoms with E-state index in [2.05, 4.69) is 4.74 Å². The maximum Gasteiger partial charge on any atom is 0.377 e.